The van der Waals surface area contributed by atoms with Crippen molar-refractivity contribution < 1.29 is 5.11 Å². The van der Waals surface area contributed by atoms with E-state index in [4.69, 9.17) is 10.8 Å². The van der Waals surface area contributed by atoms with Crippen LogP contribution < -0.4 is 11.1 Å². The second-order valence-corrected chi connectivity index (χ2v) is 4.65. The van der Waals surface area contributed by atoms with E-state index in [1.54, 1.807) is 0 Å². The normalized spacial score (nSPS) is 18.2. The maximum atomic E-state index is 9.01. The molecule has 86 valence electrons. The molecular weight excluding hydrogens is 176 g/mol. The Balaban J connectivity index is 3.86. The molecule has 0 aromatic heterocycles. The van der Waals surface area contributed by atoms with Gasteiger partial charge in [0.1, 0.15) is 6.23 Å². The first-order valence-corrected chi connectivity index (χ1v) is 5.58. The summed E-state index contributed by atoms with van der Waals surface area (Å²) >= 11 is 0. The number of nitrogens with two attached hydrogens (primary N) is 1. The molecule has 0 saturated heterocycles. The summed E-state index contributed by atoms with van der Waals surface area (Å²) < 4.78 is 0. The van der Waals surface area contributed by atoms with Crippen molar-refractivity contribution in [1.82, 2.24) is 5.32 Å². The molecular formula is C11H26N2O. The Bertz CT molecular complexity index is 137. The Hall–Kier alpha value is -0.120. The smallest absolute Gasteiger partial charge is 0.102 e. The average Bonchev–Trinajstić information content (AvgIpc) is 2.03. The highest BCUT2D eigenvalue weighted by molar-refractivity contribution is 4.73. The van der Waals surface area contributed by atoms with Crippen LogP contribution in [0.2, 0.25) is 0 Å². The molecule has 3 nitrogen and oxygen atoms in total. The summed E-state index contributed by atoms with van der Waals surface area (Å²) in [6.07, 6.45) is 2.17. The molecule has 14 heavy (non-hydrogen) atoms. The van der Waals surface area contributed by atoms with Crippen molar-refractivity contribution in [3.63, 3.8) is 0 Å². The third kappa shape index (κ3) is 6.35. The minimum Gasteiger partial charge on any atom is -0.379 e. The first kappa shape index (κ1) is 13.9. The van der Waals surface area contributed by atoms with Gasteiger partial charge in [0, 0.05) is 6.04 Å². The van der Waals surface area contributed by atoms with Gasteiger partial charge in [0.2, 0.25) is 0 Å². The first-order chi connectivity index (χ1) is 6.47. The molecule has 0 bridgehead atoms. The summed E-state index contributed by atoms with van der Waals surface area (Å²) in [4.78, 5) is 0. The third-order valence-corrected chi connectivity index (χ3v) is 2.67. The topological polar surface area (TPSA) is 58.3 Å². The monoisotopic (exact) mass is 202 g/mol. The second kappa shape index (κ2) is 7.21. The summed E-state index contributed by atoms with van der Waals surface area (Å²) in [5.41, 5.74) is 5.32. The Kier molecular flexibility index (Phi) is 7.15. The standard InChI is InChI=1S/C11H26N2O/c1-8(2)7-9(3)10(13-4)5-6-11(12)14/h8-11,13-14H,5-7,12H2,1-4H3/t9-,10?,11-/m0/s1. The van der Waals surface area contributed by atoms with Crippen molar-refractivity contribution in [1.29, 1.82) is 0 Å². The molecule has 0 aromatic carbocycles. The maximum absolute atomic E-state index is 9.01. The number of nitrogens with one attached hydrogen (secondary N) is 1. The molecule has 4 N–H and O–H groups in total. The summed E-state index contributed by atoms with van der Waals surface area (Å²) in [6.45, 7) is 6.73. The average molecular weight is 202 g/mol. The van der Waals surface area contributed by atoms with Crippen molar-refractivity contribution in [3.8, 4) is 0 Å². The van der Waals surface area contributed by atoms with Crippen LogP contribution in [-0.4, -0.2) is 24.4 Å². The number of rotatable bonds is 7. The van der Waals surface area contributed by atoms with E-state index >= 15 is 0 Å². The predicted molar refractivity (Wildman–Crippen MR) is 60.9 cm³/mol. The van der Waals surface area contributed by atoms with E-state index in [9.17, 15) is 0 Å². The molecule has 3 heteroatoms. The predicted octanol–water partition coefficient (Wildman–Crippen LogP) is 1.31. The van der Waals surface area contributed by atoms with E-state index < -0.39 is 6.23 Å². The van der Waals surface area contributed by atoms with Crippen molar-refractivity contribution in [3.05, 3.63) is 0 Å². The molecule has 3 atom stereocenters. The van der Waals surface area contributed by atoms with Crippen molar-refractivity contribution in [2.75, 3.05) is 7.05 Å². The van der Waals surface area contributed by atoms with Gasteiger partial charge in [0.05, 0.1) is 0 Å². The molecule has 0 heterocycles. The van der Waals surface area contributed by atoms with E-state index in [1.165, 1.54) is 6.42 Å². The van der Waals surface area contributed by atoms with E-state index in [-0.39, 0.29) is 0 Å². The van der Waals surface area contributed by atoms with Crippen LogP contribution in [0.3, 0.4) is 0 Å². The molecule has 0 spiro atoms. The Morgan fingerprint density at radius 1 is 1.21 bits per heavy atom. The SMILES string of the molecule is CNC(CC[C@@H](N)O)[C@@H](C)CC(C)C. The van der Waals surface area contributed by atoms with Crippen LogP contribution in [0.25, 0.3) is 0 Å². The second-order valence-electron chi connectivity index (χ2n) is 4.65. The van der Waals surface area contributed by atoms with Gasteiger partial charge < -0.3 is 16.2 Å². The molecule has 0 aromatic rings. The molecule has 0 saturated carbocycles. The molecule has 0 aliphatic rings. The Morgan fingerprint density at radius 2 is 1.79 bits per heavy atom. The fourth-order valence-corrected chi connectivity index (χ4v) is 1.97. The highest BCUT2D eigenvalue weighted by Crippen LogP contribution is 2.18. The maximum Gasteiger partial charge on any atom is 0.102 e. The van der Waals surface area contributed by atoms with E-state index in [0.29, 0.717) is 18.4 Å². The highest BCUT2D eigenvalue weighted by atomic mass is 16.3. The minimum absolute atomic E-state index is 0.468. The molecule has 0 fully saturated rings. The van der Waals surface area contributed by atoms with Gasteiger partial charge in [-0.05, 0) is 38.1 Å². The van der Waals surface area contributed by atoms with Crippen molar-refractivity contribution in [2.24, 2.45) is 17.6 Å². The molecule has 0 radical (unpaired) electrons. The molecule has 0 aliphatic carbocycles. The van der Waals surface area contributed by atoms with Gasteiger partial charge in [0.15, 0.2) is 0 Å². The van der Waals surface area contributed by atoms with Gasteiger partial charge in [-0.1, -0.05) is 20.8 Å². The zero-order valence-corrected chi connectivity index (χ0v) is 9.96. The lowest BCUT2D eigenvalue weighted by Crippen LogP contribution is -2.34. The lowest BCUT2D eigenvalue weighted by molar-refractivity contribution is 0.158. The fourth-order valence-electron chi connectivity index (χ4n) is 1.97. The van der Waals surface area contributed by atoms with Gasteiger partial charge in [-0.15, -0.1) is 0 Å². The molecule has 1 unspecified atom stereocenters. The quantitative estimate of drug-likeness (QED) is 0.546. The van der Waals surface area contributed by atoms with Crippen LogP contribution in [0, 0.1) is 11.8 Å². The summed E-state index contributed by atoms with van der Waals surface area (Å²) in [6, 6.07) is 0.468. The fraction of sp³-hybridized carbons (Fsp3) is 1.00. The van der Waals surface area contributed by atoms with E-state index in [0.717, 1.165) is 12.3 Å². The number of hydrogen-bond acceptors (Lipinski definition) is 3. The Labute approximate surface area is 88.1 Å². The van der Waals surface area contributed by atoms with Crippen LogP contribution in [-0.2, 0) is 0 Å². The van der Waals surface area contributed by atoms with Crippen LogP contribution in [0.4, 0.5) is 0 Å². The number of hydrogen-bond donors (Lipinski definition) is 3. The zero-order chi connectivity index (χ0) is 11.1. The highest BCUT2D eigenvalue weighted by Gasteiger charge is 2.16. The lowest BCUT2D eigenvalue weighted by atomic mass is 9.89. The largest absolute Gasteiger partial charge is 0.379 e. The van der Waals surface area contributed by atoms with Gasteiger partial charge in [0.25, 0.3) is 0 Å². The van der Waals surface area contributed by atoms with Crippen LogP contribution in [0.5, 0.6) is 0 Å². The molecule has 0 rings (SSSR count). The third-order valence-electron chi connectivity index (χ3n) is 2.67. The van der Waals surface area contributed by atoms with E-state index in [1.807, 2.05) is 7.05 Å². The van der Waals surface area contributed by atoms with Gasteiger partial charge in [-0.2, -0.15) is 0 Å². The number of aliphatic hydroxyl groups excluding tert-OH is 1. The number of aliphatic hydroxyl groups is 1. The van der Waals surface area contributed by atoms with Crippen LogP contribution in [0.15, 0.2) is 0 Å². The van der Waals surface area contributed by atoms with Crippen molar-refractivity contribution >= 4 is 0 Å². The van der Waals surface area contributed by atoms with Crippen LogP contribution >= 0.6 is 0 Å². The summed E-state index contributed by atoms with van der Waals surface area (Å²) in [5.74, 6) is 1.36. The minimum atomic E-state index is -0.669. The van der Waals surface area contributed by atoms with Gasteiger partial charge >= 0.3 is 0 Å². The first-order valence-electron chi connectivity index (χ1n) is 5.58. The Morgan fingerprint density at radius 3 is 2.14 bits per heavy atom. The van der Waals surface area contributed by atoms with Crippen LogP contribution in [0.1, 0.15) is 40.0 Å². The molecule has 0 aliphatic heterocycles. The van der Waals surface area contributed by atoms with E-state index in [2.05, 4.69) is 26.1 Å². The molecule has 0 amide bonds. The summed E-state index contributed by atoms with van der Waals surface area (Å²) in [5, 5.41) is 12.3. The van der Waals surface area contributed by atoms with Gasteiger partial charge in [-0.3, -0.25) is 0 Å². The zero-order valence-electron chi connectivity index (χ0n) is 9.96. The van der Waals surface area contributed by atoms with Crippen molar-refractivity contribution in [2.45, 2.75) is 52.3 Å². The van der Waals surface area contributed by atoms with Gasteiger partial charge in [-0.25, -0.2) is 0 Å². The lowest BCUT2D eigenvalue weighted by Gasteiger charge is -2.25. The summed E-state index contributed by atoms with van der Waals surface area (Å²) in [7, 11) is 1.98.